The van der Waals surface area contributed by atoms with Crippen LogP contribution in [-0.4, -0.2) is 17.1 Å². The fourth-order valence-electron chi connectivity index (χ4n) is 1.80. The number of hydrazone groups is 1. The number of rotatable bonds is 3. The van der Waals surface area contributed by atoms with E-state index in [0.717, 1.165) is 5.56 Å². The van der Waals surface area contributed by atoms with Gasteiger partial charge in [0.05, 0.1) is 6.21 Å². The first kappa shape index (κ1) is 14.9. The average molecular weight is 281 g/mol. The lowest BCUT2D eigenvalue weighted by Gasteiger charge is -2.18. The van der Waals surface area contributed by atoms with Crippen LogP contribution in [0.3, 0.4) is 0 Å². The summed E-state index contributed by atoms with van der Waals surface area (Å²) >= 11 is 0. The summed E-state index contributed by atoms with van der Waals surface area (Å²) < 4.78 is 0. The molecule has 4 nitrogen and oxygen atoms in total. The molecule has 0 aliphatic heterocycles. The Bertz CT molecular complexity index is 625. The number of carbonyl (C=O) groups excluding carboxylic acids is 1. The molecule has 0 bridgehead atoms. The highest BCUT2D eigenvalue weighted by Gasteiger charge is 2.13. The minimum absolute atomic E-state index is 0.0769. The maximum atomic E-state index is 12.0. The predicted octanol–water partition coefficient (Wildman–Crippen LogP) is 3.14. The van der Waals surface area contributed by atoms with Crippen LogP contribution in [-0.2, 0) is 5.41 Å². The number of carbonyl (C=O) groups is 1. The van der Waals surface area contributed by atoms with E-state index >= 15 is 0 Å². The molecular weight excluding hydrogens is 262 g/mol. The monoisotopic (exact) mass is 281 g/mol. The van der Waals surface area contributed by atoms with Gasteiger partial charge >= 0.3 is 0 Å². The van der Waals surface area contributed by atoms with Crippen molar-refractivity contribution in [1.29, 1.82) is 0 Å². The molecule has 1 aromatic carbocycles. The first-order chi connectivity index (χ1) is 9.97. The minimum Gasteiger partial charge on any atom is -0.267 e. The van der Waals surface area contributed by atoms with Crippen LogP contribution in [0.1, 0.15) is 42.3 Å². The van der Waals surface area contributed by atoms with Crippen molar-refractivity contribution in [2.45, 2.75) is 26.2 Å². The number of amides is 1. The molecule has 0 fully saturated rings. The Morgan fingerprint density at radius 2 is 1.90 bits per heavy atom. The van der Waals surface area contributed by atoms with E-state index in [-0.39, 0.29) is 11.3 Å². The molecule has 0 spiro atoms. The van der Waals surface area contributed by atoms with Gasteiger partial charge in [0.25, 0.3) is 5.91 Å². The zero-order chi connectivity index (χ0) is 15.3. The van der Waals surface area contributed by atoms with Gasteiger partial charge in [-0.05, 0) is 29.2 Å². The highest BCUT2D eigenvalue weighted by Crippen LogP contribution is 2.22. The second-order valence-electron chi connectivity index (χ2n) is 5.81. The smallest absolute Gasteiger partial charge is 0.267 e. The van der Waals surface area contributed by atoms with Crippen molar-refractivity contribution in [3.63, 3.8) is 0 Å². The number of pyridine rings is 1. The molecule has 0 aliphatic rings. The van der Waals surface area contributed by atoms with Gasteiger partial charge in [0.15, 0.2) is 0 Å². The standard InChI is InChI=1S/C17H19N3O/c1-17(2,3)15-8-6-14(7-9-15)16(21)20-19-12-13-5-4-10-18-11-13/h4-12H,1-3H3,(H,20,21)/b19-12-. The highest BCUT2D eigenvalue weighted by atomic mass is 16.2. The molecule has 108 valence electrons. The van der Waals surface area contributed by atoms with E-state index in [0.29, 0.717) is 5.56 Å². The summed E-state index contributed by atoms with van der Waals surface area (Å²) in [5.41, 5.74) is 5.20. The summed E-state index contributed by atoms with van der Waals surface area (Å²) in [6, 6.07) is 11.2. The Labute approximate surface area is 124 Å². The van der Waals surface area contributed by atoms with Gasteiger partial charge < -0.3 is 0 Å². The molecule has 0 saturated carbocycles. The van der Waals surface area contributed by atoms with Crippen LogP contribution >= 0.6 is 0 Å². The summed E-state index contributed by atoms with van der Waals surface area (Å²) in [4.78, 5) is 15.9. The molecule has 2 rings (SSSR count). The molecular formula is C17H19N3O. The van der Waals surface area contributed by atoms with Crippen molar-refractivity contribution in [3.8, 4) is 0 Å². The fourth-order valence-corrected chi connectivity index (χ4v) is 1.80. The van der Waals surface area contributed by atoms with Gasteiger partial charge in [-0.3, -0.25) is 9.78 Å². The third-order valence-corrected chi connectivity index (χ3v) is 3.08. The molecule has 4 heteroatoms. The van der Waals surface area contributed by atoms with Crippen LogP contribution in [0.15, 0.2) is 53.9 Å². The van der Waals surface area contributed by atoms with E-state index in [1.54, 1.807) is 18.6 Å². The van der Waals surface area contributed by atoms with Crippen LogP contribution in [0.2, 0.25) is 0 Å². The summed E-state index contributed by atoms with van der Waals surface area (Å²) in [5.74, 6) is -0.226. The molecule has 1 N–H and O–H groups in total. The van der Waals surface area contributed by atoms with E-state index in [1.165, 1.54) is 5.56 Å². The summed E-state index contributed by atoms with van der Waals surface area (Å²) in [7, 11) is 0. The molecule has 0 unspecified atom stereocenters. The van der Waals surface area contributed by atoms with Gasteiger partial charge in [-0.25, -0.2) is 5.43 Å². The molecule has 0 atom stereocenters. The molecule has 21 heavy (non-hydrogen) atoms. The van der Waals surface area contributed by atoms with Crippen LogP contribution in [0.25, 0.3) is 0 Å². The Balaban J connectivity index is 1.99. The van der Waals surface area contributed by atoms with Gasteiger partial charge in [-0.2, -0.15) is 5.10 Å². The normalized spacial score (nSPS) is 11.6. The molecule has 0 aliphatic carbocycles. The SMILES string of the molecule is CC(C)(C)c1ccc(C(=O)N/N=C\c2cccnc2)cc1. The lowest BCUT2D eigenvalue weighted by Crippen LogP contribution is -2.18. The third kappa shape index (κ3) is 4.24. The summed E-state index contributed by atoms with van der Waals surface area (Å²) in [5, 5.41) is 3.92. The number of hydrogen-bond donors (Lipinski definition) is 1. The number of nitrogens with one attached hydrogen (secondary N) is 1. The topological polar surface area (TPSA) is 54.4 Å². The maximum absolute atomic E-state index is 12.0. The largest absolute Gasteiger partial charge is 0.271 e. The zero-order valence-electron chi connectivity index (χ0n) is 12.5. The Kier molecular flexibility index (Phi) is 4.48. The predicted molar refractivity (Wildman–Crippen MR) is 84.4 cm³/mol. The van der Waals surface area contributed by atoms with E-state index in [1.807, 2.05) is 36.4 Å². The van der Waals surface area contributed by atoms with Crippen LogP contribution in [0.4, 0.5) is 0 Å². The van der Waals surface area contributed by atoms with Crippen molar-refractivity contribution in [2.24, 2.45) is 5.10 Å². The summed E-state index contributed by atoms with van der Waals surface area (Å²) in [6.07, 6.45) is 4.93. The lowest BCUT2D eigenvalue weighted by atomic mass is 9.87. The average Bonchev–Trinajstić information content (AvgIpc) is 2.47. The molecule has 0 radical (unpaired) electrons. The number of aromatic nitrogens is 1. The van der Waals surface area contributed by atoms with Crippen LogP contribution < -0.4 is 5.43 Å². The first-order valence-corrected chi connectivity index (χ1v) is 6.81. The van der Waals surface area contributed by atoms with E-state index < -0.39 is 0 Å². The number of hydrogen-bond acceptors (Lipinski definition) is 3. The Morgan fingerprint density at radius 1 is 1.19 bits per heavy atom. The molecule has 1 heterocycles. The zero-order valence-corrected chi connectivity index (χ0v) is 12.5. The Morgan fingerprint density at radius 3 is 2.48 bits per heavy atom. The minimum atomic E-state index is -0.226. The first-order valence-electron chi connectivity index (χ1n) is 6.81. The molecule has 1 aromatic heterocycles. The van der Waals surface area contributed by atoms with E-state index in [2.05, 4.69) is 36.3 Å². The molecule has 2 aromatic rings. The van der Waals surface area contributed by atoms with Crippen LogP contribution in [0, 0.1) is 0 Å². The molecule has 0 saturated heterocycles. The van der Waals surface area contributed by atoms with Gasteiger partial charge in [0.2, 0.25) is 0 Å². The van der Waals surface area contributed by atoms with Crippen molar-refractivity contribution in [2.75, 3.05) is 0 Å². The van der Waals surface area contributed by atoms with E-state index in [9.17, 15) is 4.79 Å². The van der Waals surface area contributed by atoms with Gasteiger partial charge in [0, 0.05) is 23.5 Å². The second kappa shape index (κ2) is 6.31. The number of nitrogens with zero attached hydrogens (tertiary/aromatic N) is 2. The quantitative estimate of drug-likeness (QED) is 0.694. The van der Waals surface area contributed by atoms with Crippen molar-refractivity contribution in [3.05, 3.63) is 65.5 Å². The van der Waals surface area contributed by atoms with Crippen molar-refractivity contribution >= 4 is 12.1 Å². The van der Waals surface area contributed by atoms with E-state index in [4.69, 9.17) is 0 Å². The van der Waals surface area contributed by atoms with Crippen molar-refractivity contribution in [1.82, 2.24) is 10.4 Å². The number of benzene rings is 1. The van der Waals surface area contributed by atoms with Crippen molar-refractivity contribution < 1.29 is 4.79 Å². The third-order valence-electron chi connectivity index (χ3n) is 3.08. The fraction of sp³-hybridized carbons (Fsp3) is 0.235. The van der Waals surface area contributed by atoms with Gasteiger partial charge in [-0.15, -0.1) is 0 Å². The maximum Gasteiger partial charge on any atom is 0.271 e. The van der Waals surface area contributed by atoms with Gasteiger partial charge in [0.1, 0.15) is 0 Å². The highest BCUT2D eigenvalue weighted by molar-refractivity contribution is 5.94. The summed E-state index contributed by atoms with van der Waals surface area (Å²) in [6.45, 7) is 6.42. The second-order valence-corrected chi connectivity index (χ2v) is 5.81. The lowest BCUT2D eigenvalue weighted by molar-refractivity contribution is 0.0955. The van der Waals surface area contributed by atoms with Crippen LogP contribution in [0.5, 0.6) is 0 Å². The van der Waals surface area contributed by atoms with Gasteiger partial charge in [-0.1, -0.05) is 39.0 Å². The molecule has 1 amide bonds. The Hall–Kier alpha value is -2.49.